The van der Waals surface area contributed by atoms with Gasteiger partial charge in [0, 0.05) is 32.0 Å². The van der Waals surface area contributed by atoms with Crippen molar-refractivity contribution in [2.24, 2.45) is 0 Å². The van der Waals surface area contributed by atoms with Crippen LogP contribution in [0.15, 0.2) is 12.3 Å². The molecule has 0 aromatic carbocycles. The number of aryl methyl sites for hydroxylation is 1. The van der Waals surface area contributed by atoms with Crippen LogP contribution in [0.25, 0.3) is 0 Å². The number of carbonyl (C=O) groups is 2. The number of hydrogen-bond acceptors (Lipinski definition) is 4. The molecule has 2 rings (SSSR count). The van der Waals surface area contributed by atoms with Gasteiger partial charge in [-0.2, -0.15) is 0 Å². The molecule has 1 aliphatic heterocycles. The Morgan fingerprint density at radius 1 is 1.60 bits per heavy atom. The summed E-state index contributed by atoms with van der Waals surface area (Å²) < 4.78 is 0. The van der Waals surface area contributed by atoms with E-state index in [2.05, 4.69) is 15.6 Å². The number of hydrogen-bond donors (Lipinski definition) is 2. The molecule has 0 radical (unpaired) electrons. The summed E-state index contributed by atoms with van der Waals surface area (Å²) in [6, 6.07) is 1.43. The third kappa shape index (κ3) is 2.59. The van der Waals surface area contributed by atoms with E-state index in [1.807, 2.05) is 19.9 Å². The predicted octanol–water partition coefficient (Wildman–Crippen LogP) is 0.782. The topological polar surface area (TPSA) is 74.3 Å². The molecule has 1 unspecified atom stereocenters. The van der Waals surface area contributed by atoms with Crippen molar-refractivity contribution in [2.75, 3.05) is 25.5 Å². The number of piperazine rings is 1. The smallest absolute Gasteiger partial charge is 0.258 e. The quantitative estimate of drug-likeness (QED) is 0.855. The van der Waals surface area contributed by atoms with Gasteiger partial charge in [-0.15, -0.1) is 0 Å². The Hall–Kier alpha value is -2.11. The van der Waals surface area contributed by atoms with Crippen molar-refractivity contribution in [3.8, 4) is 0 Å². The predicted molar refractivity (Wildman–Crippen MR) is 76.6 cm³/mol. The van der Waals surface area contributed by atoms with E-state index in [1.165, 1.54) is 0 Å². The lowest BCUT2D eigenvalue weighted by molar-refractivity contribution is -0.127. The normalized spacial score (nSPS) is 18.6. The number of nitrogens with zero attached hydrogens (tertiary/aromatic N) is 2. The van der Waals surface area contributed by atoms with Crippen molar-refractivity contribution in [2.45, 2.75) is 26.3 Å². The van der Waals surface area contributed by atoms with Crippen LogP contribution in [-0.4, -0.2) is 47.9 Å². The minimum atomic E-state index is -0.401. The van der Waals surface area contributed by atoms with Gasteiger partial charge in [-0.05, 0) is 19.4 Å². The van der Waals surface area contributed by atoms with Crippen LogP contribution in [0.2, 0.25) is 0 Å². The average molecular weight is 276 g/mol. The summed E-state index contributed by atoms with van der Waals surface area (Å²) in [5.74, 6) is -0.235. The van der Waals surface area contributed by atoms with Crippen molar-refractivity contribution < 1.29 is 9.59 Å². The van der Waals surface area contributed by atoms with Crippen LogP contribution in [0.3, 0.4) is 0 Å². The molecule has 0 saturated carbocycles. The lowest BCUT2D eigenvalue weighted by Crippen LogP contribution is -2.57. The minimum absolute atomic E-state index is 0.0850. The van der Waals surface area contributed by atoms with Crippen molar-refractivity contribution in [3.63, 3.8) is 0 Å². The monoisotopic (exact) mass is 276 g/mol. The molecular formula is C14H20N4O2. The van der Waals surface area contributed by atoms with Gasteiger partial charge < -0.3 is 15.5 Å². The first-order valence-corrected chi connectivity index (χ1v) is 6.81. The van der Waals surface area contributed by atoms with Gasteiger partial charge in [0.2, 0.25) is 5.91 Å². The molecule has 6 nitrogen and oxygen atoms in total. The lowest BCUT2D eigenvalue weighted by atomic mass is 10.1. The fraction of sp³-hybridized carbons (Fsp3) is 0.500. The van der Waals surface area contributed by atoms with Gasteiger partial charge in [0.25, 0.3) is 5.91 Å². The maximum Gasteiger partial charge on any atom is 0.258 e. The van der Waals surface area contributed by atoms with Gasteiger partial charge in [0.15, 0.2) is 0 Å². The summed E-state index contributed by atoms with van der Waals surface area (Å²) in [5, 5.41) is 5.81. The number of amides is 2. The Bertz CT molecular complexity index is 530. The summed E-state index contributed by atoms with van der Waals surface area (Å²) in [6.07, 6.45) is 2.18. The number of pyridine rings is 1. The fourth-order valence-electron chi connectivity index (χ4n) is 2.46. The number of rotatable bonds is 3. The number of carbonyl (C=O) groups excluding carboxylic acids is 2. The molecule has 1 aromatic heterocycles. The van der Waals surface area contributed by atoms with Gasteiger partial charge in [-0.3, -0.25) is 14.6 Å². The van der Waals surface area contributed by atoms with Gasteiger partial charge in [0.1, 0.15) is 6.04 Å². The van der Waals surface area contributed by atoms with Crippen LogP contribution in [0.5, 0.6) is 0 Å². The van der Waals surface area contributed by atoms with Crippen molar-refractivity contribution in [1.29, 1.82) is 0 Å². The van der Waals surface area contributed by atoms with Gasteiger partial charge in [0.05, 0.1) is 11.3 Å². The molecule has 1 atom stereocenters. The largest absolute Gasteiger partial charge is 0.387 e. The Balaban J connectivity index is 2.32. The van der Waals surface area contributed by atoms with Crippen molar-refractivity contribution in [3.05, 3.63) is 23.5 Å². The molecule has 2 heterocycles. The zero-order chi connectivity index (χ0) is 14.7. The van der Waals surface area contributed by atoms with E-state index in [-0.39, 0.29) is 11.8 Å². The standard InChI is InChI=1S/C14H20N4O2/c1-4-12-13(19)16-5-6-18(12)14(20)10-8-17-9(2)7-11(10)15-3/h7-8,12H,4-6H2,1-3H3,(H,15,17)(H,16,19). The SMILES string of the molecule is CCC1C(=O)NCCN1C(=O)c1cnc(C)cc1NC. The highest BCUT2D eigenvalue weighted by atomic mass is 16.2. The maximum absolute atomic E-state index is 12.7. The summed E-state index contributed by atoms with van der Waals surface area (Å²) in [4.78, 5) is 30.3. The molecular weight excluding hydrogens is 256 g/mol. The molecule has 2 amide bonds. The maximum atomic E-state index is 12.7. The van der Waals surface area contributed by atoms with Crippen LogP contribution in [-0.2, 0) is 4.79 Å². The van der Waals surface area contributed by atoms with E-state index in [9.17, 15) is 9.59 Å². The second-order valence-electron chi connectivity index (χ2n) is 4.83. The van der Waals surface area contributed by atoms with E-state index in [1.54, 1.807) is 18.1 Å². The van der Waals surface area contributed by atoms with E-state index >= 15 is 0 Å². The van der Waals surface area contributed by atoms with Crippen LogP contribution >= 0.6 is 0 Å². The van der Waals surface area contributed by atoms with Crippen LogP contribution < -0.4 is 10.6 Å². The highest BCUT2D eigenvalue weighted by Crippen LogP contribution is 2.20. The third-order valence-electron chi connectivity index (χ3n) is 3.52. The molecule has 2 N–H and O–H groups in total. The Morgan fingerprint density at radius 3 is 3.00 bits per heavy atom. The summed E-state index contributed by atoms with van der Waals surface area (Å²) in [6.45, 7) is 4.80. The highest BCUT2D eigenvalue weighted by molar-refractivity contribution is 6.02. The Kier molecular flexibility index (Phi) is 4.22. The lowest BCUT2D eigenvalue weighted by Gasteiger charge is -2.34. The van der Waals surface area contributed by atoms with E-state index in [0.29, 0.717) is 25.1 Å². The molecule has 1 aliphatic rings. The van der Waals surface area contributed by atoms with Crippen molar-refractivity contribution >= 4 is 17.5 Å². The molecule has 0 aliphatic carbocycles. The molecule has 1 fully saturated rings. The zero-order valence-corrected chi connectivity index (χ0v) is 12.1. The van der Waals surface area contributed by atoms with Crippen LogP contribution in [0.1, 0.15) is 29.4 Å². The van der Waals surface area contributed by atoms with Crippen LogP contribution in [0, 0.1) is 6.92 Å². The second kappa shape index (κ2) is 5.90. The number of anilines is 1. The summed E-state index contributed by atoms with van der Waals surface area (Å²) in [5.41, 5.74) is 2.09. The van der Waals surface area contributed by atoms with Crippen LogP contribution in [0.4, 0.5) is 5.69 Å². The van der Waals surface area contributed by atoms with Gasteiger partial charge >= 0.3 is 0 Å². The van der Waals surface area contributed by atoms with E-state index in [4.69, 9.17) is 0 Å². The molecule has 0 bridgehead atoms. The van der Waals surface area contributed by atoms with E-state index in [0.717, 1.165) is 11.4 Å². The molecule has 1 aromatic rings. The Morgan fingerprint density at radius 2 is 2.35 bits per heavy atom. The third-order valence-corrected chi connectivity index (χ3v) is 3.52. The van der Waals surface area contributed by atoms with Crippen molar-refractivity contribution in [1.82, 2.24) is 15.2 Å². The second-order valence-corrected chi connectivity index (χ2v) is 4.83. The molecule has 6 heteroatoms. The first kappa shape index (κ1) is 14.3. The molecule has 20 heavy (non-hydrogen) atoms. The average Bonchev–Trinajstić information content (AvgIpc) is 2.46. The molecule has 1 saturated heterocycles. The first-order chi connectivity index (χ1) is 9.58. The zero-order valence-electron chi connectivity index (χ0n) is 12.1. The molecule has 0 spiro atoms. The van der Waals surface area contributed by atoms with Gasteiger partial charge in [-0.1, -0.05) is 6.92 Å². The minimum Gasteiger partial charge on any atom is -0.387 e. The van der Waals surface area contributed by atoms with E-state index < -0.39 is 6.04 Å². The van der Waals surface area contributed by atoms with Gasteiger partial charge in [-0.25, -0.2) is 0 Å². The summed E-state index contributed by atoms with van der Waals surface area (Å²) in [7, 11) is 1.77. The molecule has 108 valence electrons. The fourth-order valence-corrected chi connectivity index (χ4v) is 2.46. The summed E-state index contributed by atoms with van der Waals surface area (Å²) >= 11 is 0. The highest BCUT2D eigenvalue weighted by Gasteiger charge is 2.33. The Labute approximate surface area is 118 Å². The number of aromatic nitrogens is 1. The number of nitrogens with one attached hydrogen (secondary N) is 2. The first-order valence-electron chi connectivity index (χ1n) is 6.81.